The number of piperazine rings is 1. The van der Waals surface area contributed by atoms with Crippen LogP contribution in [0.2, 0.25) is 5.02 Å². The van der Waals surface area contributed by atoms with Crippen molar-refractivity contribution in [3.8, 4) is 10.6 Å². The highest BCUT2D eigenvalue weighted by Crippen LogP contribution is 2.24. The lowest BCUT2D eigenvalue weighted by molar-refractivity contribution is -0.132. The number of amides is 1. The smallest absolute Gasteiger partial charge is 0.254 e. The van der Waals surface area contributed by atoms with E-state index in [4.69, 9.17) is 11.6 Å². The topological polar surface area (TPSA) is 58.4 Å². The van der Waals surface area contributed by atoms with Crippen molar-refractivity contribution in [1.29, 1.82) is 0 Å². The first-order chi connectivity index (χ1) is 14.0. The Bertz CT molecular complexity index is 1080. The number of hydrogen-bond donors (Lipinski definition) is 0. The lowest BCUT2D eigenvalue weighted by Crippen LogP contribution is -2.50. The Hall–Kier alpha value is -2.71. The quantitative estimate of drug-likeness (QED) is 0.635. The standard InChI is InChI=1S/C20H18ClFN4O2S/c21-15-10-14(3-4-16(15)22)24-5-7-25(8-6-24)20(28)12-26-13-23-17(11-19(26)27)18-2-1-9-29-18/h1-4,9-11,13H,5-8,12H2. The summed E-state index contributed by atoms with van der Waals surface area (Å²) in [5.41, 5.74) is 1.18. The van der Waals surface area contributed by atoms with Crippen molar-refractivity contribution in [2.24, 2.45) is 0 Å². The number of carbonyl (C=O) groups excluding carboxylic acids is 1. The summed E-state index contributed by atoms with van der Waals surface area (Å²) in [5.74, 6) is -0.581. The van der Waals surface area contributed by atoms with Crippen molar-refractivity contribution in [1.82, 2.24) is 14.5 Å². The van der Waals surface area contributed by atoms with Gasteiger partial charge in [0, 0.05) is 37.9 Å². The van der Waals surface area contributed by atoms with Gasteiger partial charge in [-0.15, -0.1) is 11.3 Å². The molecule has 1 aromatic carbocycles. The zero-order chi connectivity index (χ0) is 20.4. The average molecular weight is 433 g/mol. The van der Waals surface area contributed by atoms with Gasteiger partial charge in [-0.05, 0) is 29.6 Å². The van der Waals surface area contributed by atoms with E-state index in [9.17, 15) is 14.0 Å². The van der Waals surface area contributed by atoms with E-state index >= 15 is 0 Å². The third-order valence-electron chi connectivity index (χ3n) is 4.86. The molecule has 1 aliphatic heterocycles. The van der Waals surface area contributed by atoms with Crippen molar-refractivity contribution in [3.63, 3.8) is 0 Å². The van der Waals surface area contributed by atoms with E-state index in [-0.39, 0.29) is 23.0 Å². The molecule has 1 fully saturated rings. The van der Waals surface area contributed by atoms with E-state index in [2.05, 4.69) is 9.88 Å². The summed E-state index contributed by atoms with van der Waals surface area (Å²) in [7, 11) is 0. The van der Waals surface area contributed by atoms with Crippen LogP contribution in [-0.2, 0) is 11.3 Å². The molecule has 150 valence electrons. The molecule has 9 heteroatoms. The minimum Gasteiger partial charge on any atom is -0.368 e. The first-order valence-corrected chi connectivity index (χ1v) is 10.3. The second kappa shape index (κ2) is 8.34. The van der Waals surface area contributed by atoms with E-state index in [0.717, 1.165) is 10.6 Å². The highest BCUT2D eigenvalue weighted by atomic mass is 35.5. The molecule has 1 saturated heterocycles. The van der Waals surface area contributed by atoms with Crippen LogP contribution < -0.4 is 10.5 Å². The first-order valence-electron chi connectivity index (χ1n) is 9.09. The van der Waals surface area contributed by atoms with E-state index in [1.54, 1.807) is 17.0 Å². The number of benzene rings is 1. The summed E-state index contributed by atoms with van der Waals surface area (Å²) in [4.78, 5) is 34.0. The maximum absolute atomic E-state index is 13.3. The van der Waals surface area contributed by atoms with E-state index in [1.807, 2.05) is 17.5 Å². The maximum Gasteiger partial charge on any atom is 0.254 e. The van der Waals surface area contributed by atoms with Crippen LogP contribution >= 0.6 is 22.9 Å². The highest BCUT2D eigenvalue weighted by molar-refractivity contribution is 7.13. The average Bonchev–Trinajstić information content (AvgIpc) is 3.26. The van der Waals surface area contributed by atoms with E-state index in [1.165, 1.54) is 34.4 Å². The fourth-order valence-electron chi connectivity index (χ4n) is 3.25. The summed E-state index contributed by atoms with van der Waals surface area (Å²) in [5, 5.41) is 2.00. The number of anilines is 1. The Morgan fingerprint density at radius 3 is 2.62 bits per heavy atom. The molecule has 0 spiro atoms. The van der Waals surface area contributed by atoms with Crippen LogP contribution in [0.4, 0.5) is 10.1 Å². The van der Waals surface area contributed by atoms with Gasteiger partial charge in [0.15, 0.2) is 0 Å². The minimum atomic E-state index is -0.451. The van der Waals surface area contributed by atoms with E-state index < -0.39 is 5.82 Å². The molecule has 29 heavy (non-hydrogen) atoms. The Labute approximate surface area is 175 Å². The van der Waals surface area contributed by atoms with Crippen molar-refractivity contribution in [3.05, 3.63) is 69.3 Å². The van der Waals surface area contributed by atoms with Gasteiger partial charge in [0.25, 0.3) is 5.56 Å². The largest absolute Gasteiger partial charge is 0.368 e. The van der Waals surface area contributed by atoms with Gasteiger partial charge < -0.3 is 9.80 Å². The number of carbonyl (C=O) groups is 1. The van der Waals surface area contributed by atoms with Crippen LogP contribution in [0.15, 0.2) is 52.9 Å². The van der Waals surface area contributed by atoms with Crippen LogP contribution in [0, 0.1) is 5.82 Å². The van der Waals surface area contributed by atoms with Crippen LogP contribution in [0.1, 0.15) is 0 Å². The highest BCUT2D eigenvalue weighted by Gasteiger charge is 2.22. The second-order valence-electron chi connectivity index (χ2n) is 6.68. The number of nitrogens with zero attached hydrogens (tertiary/aromatic N) is 4. The number of hydrogen-bond acceptors (Lipinski definition) is 5. The lowest BCUT2D eigenvalue weighted by Gasteiger charge is -2.36. The summed E-state index contributed by atoms with van der Waals surface area (Å²) in [6.45, 7) is 2.21. The zero-order valence-electron chi connectivity index (χ0n) is 15.4. The molecule has 0 atom stereocenters. The SMILES string of the molecule is O=C(Cn1cnc(-c2cccs2)cc1=O)N1CCN(c2ccc(F)c(Cl)c2)CC1. The van der Waals surface area contributed by atoms with Crippen LogP contribution in [0.5, 0.6) is 0 Å². The van der Waals surface area contributed by atoms with Gasteiger partial charge in [-0.1, -0.05) is 17.7 Å². The predicted molar refractivity (Wildman–Crippen MR) is 112 cm³/mol. The van der Waals surface area contributed by atoms with Crippen molar-refractivity contribution in [2.45, 2.75) is 6.54 Å². The molecule has 2 aromatic heterocycles. The van der Waals surface area contributed by atoms with Gasteiger partial charge in [0.2, 0.25) is 5.91 Å². The van der Waals surface area contributed by atoms with Gasteiger partial charge >= 0.3 is 0 Å². The molecule has 3 aromatic rings. The summed E-state index contributed by atoms with van der Waals surface area (Å²) in [6, 6.07) is 9.86. The van der Waals surface area contributed by atoms with Crippen molar-refractivity contribution in [2.75, 3.05) is 31.1 Å². The molecule has 4 rings (SSSR count). The molecular formula is C20H18ClFN4O2S. The van der Waals surface area contributed by atoms with Crippen molar-refractivity contribution < 1.29 is 9.18 Å². The Kier molecular flexibility index (Phi) is 5.64. The van der Waals surface area contributed by atoms with E-state index in [0.29, 0.717) is 31.9 Å². The third kappa shape index (κ3) is 4.33. The molecule has 0 N–H and O–H groups in total. The number of aromatic nitrogens is 2. The Balaban J connectivity index is 1.37. The van der Waals surface area contributed by atoms with Gasteiger partial charge in [-0.2, -0.15) is 0 Å². The zero-order valence-corrected chi connectivity index (χ0v) is 17.0. The summed E-state index contributed by atoms with van der Waals surface area (Å²) >= 11 is 7.36. The number of halogens is 2. The van der Waals surface area contributed by atoms with Gasteiger partial charge in [-0.25, -0.2) is 9.37 Å². The summed E-state index contributed by atoms with van der Waals surface area (Å²) < 4.78 is 14.7. The molecule has 3 heterocycles. The Morgan fingerprint density at radius 2 is 1.97 bits per heavy atom. The molecule has 1 aliphatic rings. The monoisotopic (exact) mass is 432 g/mol. The fraction of sp³-hybridized carbons (Fsp3) is 0.250. The van der Waals surface area contributed by atoms with Gasteiger partial charge in [0.05, 0.1) is 21.9 Å². The predicted octanol–water partition coefficient (Wildman–Crippen LogP) is 3.11. The van der Waals surface area contributed by atoms with Crippen LogP contribution in [0.3, 0.4) is 0 Å². The maximum atomic E-state index is 13.3. The second-order valence-corrected chi connectivity index (χ2v) is 8.04. The molecule has 6 nitrogen and oxygen atoms in total. The van der Waals surface area contributed by atoms with Gasteiger partial charge in [-0.3, -0.25) is 14.2 Å². The number of rotatable bonds is 4. The normalized spacial score (nSPS) is 14.3. The lowest BCUT2D eigenvalue weighted by atomic mass is 10.2. The third-order valence-corrected chi connectivity index (χ3v) is 6.04. The molecule has 1 amide bonds. The molecule has 0 saturated carbocycles. The fourth-order valence-corrected chi connectivity index (χ4v) is 4.11. The molecule has 0 unspecified atom stereocenters. The van der Waals surface area contributed by atoms with Gasteiger partial charge in [0.1, 0.15) is 12.4 Å². The van der Waals surface area contributed by atoms with Crippen LogP contribution in [-0.4, -0.2) is 46.5 Å². The van der Waals surface area contributed by atoms with Crippen molar-refractivity contribution >= 4 is 34.5 Å². The minimum absolute atomic E-state index is 0.0427. The molecule has 0 aliphatic carbocycles. The molecule has 0 radical (unpaired) electrons. The first kappa shape index (κ1) is 19.6. The molecule has 0 bridgehead atoms. The molecular weight excluding hydrogens is 415 g/mol. The Morgan fingerprint density at radius 1 is 1.17 bits per heavy atom. The van der Waals surface area contributed by atoms with Crippen LogP contribution in [0.25, 0.3) is 10.6 Å². The summed E-state index contributed by atoms with van der Waals surface area (Å²) in [6.07, 6.45) is 1.42. The number of thiophene rings is 1.